The third-order valence-corrected chi connectivity index (χ3v) is 9.94. The van der Waals surface area contributed by atoms with E-state index in [9.17, 15) is 0 Å². The van der Waals surface area contributed by atoms with Gasteiger partial charge in [-0.3, -0.25) is 0 Å². The van der Waals surface area contributed by atoms with Crippen LogP contribution in [0.4, 0.5) is 0 Å². The van der Waals surface area contributed by atoms with Gasteiger partial charge in [0.05, 0.1) is 32.5 Å². The van der Waals surface area contributed by atoms with E-state index in [2.05, 4.69) is 128 Å². The lowest BCUT2D eigenvalue weighted by Crippen LogP contribution is -2.15. The molecule has 3 heteroatoms. The number of hydrogen-bond acceptors (Lipinski definition) is 2. The van der Waals surface area contributed by atoms with Crippen LogP contribution in [0.1, 0.15) is 25.0 Å². The molecule has 0 fully saturated rings. The number of rotatable bonds is 1. The Morgan fingerprint density at radius 2 is 1.33 bits per heavy atom. The summed E-state index contributed by atoms with van der Waals surface area (Å²) in [5.41, 5.74) is 11.3. The fraction of sp³-hybridized carbons (Fsp3) is 0.0833. The van der Waals surface area contributed by atoms with Crippen LogP contribution in [0.2, 0.25) is 0 Å². The van der Waals surface area contributed by atoms with Crippen LogP contribution < -0.4 is 0 Å². The number of fused-ring (bicyclic) bond motifs is 10. The SMILES string of the molecule is CC1(C)c2ccccc2-c2cc3c4ccccc4n(-c4c5ccccc5nc5c4sc4ccccc45)c3cc21. The molecule has 1 aliphatic rings. The summed E-state index contributed by atoms with van der Waals surface area (Å²) in [5, 5.41) is 4.99. The van der Waals surface area contributed by atoms with E-state index in [0.717, 1.165) is 11.0 Å². The lowest BCUT2D eigenvalue weighted by Gasteiger charge is -2.22. The average molecular weight is 517 g/mol. The van der Waals surface area contributed by atoms with Gasteiger partial charge in [-0.05, 0) is 52.6 Å². The standard InChI is InChI=1S/C36H24N2S/c1-36(2)27-15-7-3-11-21(27)25-19-26-22-12-5-9-17-30(22)38(31(26)20-28(25)36)34-23-13-4-8-16-29(23)37-33-24-14-6-10-18-32(24)39-35(33)34/h3-20H,1-2H3. The molecule has 1 aliphatic carbocycles. The molecular weight excluding hydrogens is 492 g/mol. The highest BCUT2D eigenvalue weighted by molar-refractivity contribution is 7.26. The lowest BCUT2D eigenvalue weighted by atomic mass is 9.82. The highest BCUT2D eigenvalue weighted by Gasteiger charge is 2.36. The largest absolute Gasteiger partial charge is 0.307 e. The summed E-state index contributed by atoms with van der Waals surface area (Å²) in [6.45, 7) is 4.73. The van der Waals surface area contributed by atoms with Gasteiger partial charge in [0.25, 0.3) is 0 Å². The van der Waals surface area contributed by atoms with Crippen molar-refractivity contribution >= 4 is 64.3 Å². The van der Waals surface area contributed by atoms with Crippen molar-refractivity contribution in [3.8, 4) is 16.8 Å². The van der Waals surface area contributed by atoms with Gasteiger partial charge >= 0.3 is 0 Å². The maximum Gasteiger partial charge on any atom is 0.0917 e. The Kier molecular flexibility index (Phi) is 4.04. The van der Waals surface area contributed by atoms with Crippen molar-refractivity contribution < 1.29 is 0 Å². The monoisotopic (exact) mass is 516 g/mol. The quantitative estimate of drug-likeness (QED) is 0.212. The summed E-state index contributed by atoms with van der Waals surface area (Å²) in [6.07, 6.45) is 0. The Hall–Kier alpha value is -4.47. The smallest absolute Gasteiger partial charge is 0.0917 e. The number of nitrogens with zero attached hydrogens (tertiary/aromatic N) is 2. The molecular formula is C36H24N2S. The molecule has 8 aromatic rings. The molecule has 0 saturated heterocycles. The number of thiophene rings is 1. The van der Waals surface area contributed by atoms with E-state index in [0.29, 0.717) is 0 Å². The Labute approximate surface area is 229 Å². The third kappa shape index (κ3) is 2.68. The second kappa shape index (κ2) is 7.34. The fourth-order valence-corrected chi connectivity index (χ4v) is 8.13. The maximum absolute atomic E-state index is 5.20. The number of para-hydroxylation sites is 2. The molecule has 184 valence electrons. The zero-order valence-corrected chi connectivity index (χ0v) is 22.5. The van der Waals surface area contributed by atoms with Gasteiger partial charge in [0.1, 0.15) is 0 Å². The Bertz CT molecular complexity index is 2320. The molecule has 0 bridgehead atoms. The molecule has 3 heterocycles. The minimum Gasteiger partial charge on any atom is -0.307 e. The zero-order chi connectivity index (χ0) is 25.9. The first-order valence-corrected chi connectivity index (χ1v) is 14.3. The van der Waals surface area contributed by atoms with Crippen LogP contribution in [0.25, 0.3) is 69.8 Å². The fourth-order valence-electron chi connectivity index (χ4n) is 6.94. The predicted molar refractivity (Wildman–Crippen MR) is 167 cm³/mol. The molecule has 9 rings (SSSR count). The van der Waals surface area contributed by atoms with Crippen LogP contribution in [0.5, 0.6) is 0 Å². The number of pyridine rings is 1. The first-order chi connectivity index (χ1) is 19.1. The van der Waals surface area contributed by atoms with Crippen molar-refractivity contribution in [2.24, 2.45) is 0 Å². The Morgan fingerprint density at radius 1 is 0.615 bits per heavy atom. The summed E-state index contributed by atoms with van der Waals surface area (Å²) >= 11 is 1.85. The van der Waals surface area contributed by atoms with Crippen molar-refractivity contribution in [3.63, 3.8) is 0 Å². The molecule has 0 amide bonds. The molecule has 2 nitrogen and oxygen atoms in total. The van der Waals surface area contributed by atoms with Crippen molar-refractivity contribution in [1.82, 2.24) is 9.55 Å². The minimum atomic E-state index is -0.0609. The van der Waals surface area contributed by atoms with E-state index in [-0.39, 0.29) is 5.41 Å². The van der Waals surface area contributed by atoms with Gasteiger partial charge in [0, 0.05) is 31.7 Å². The molecule has 0 aliphatic heterocycles. The summed E-state index contributed by atoms with van der Waals surface area (Å²) in [7, 11) is 0. The van der Waals surface area contributed by atoms with Gasteiger partial charge < -0.3 is 4.57 Å². The van der Waals surface area contributed by atoms with E-state index >= 15 is 0 Å². The van der Waals surface area contributed by atoms with E-state index < -0.39 is 0 Å². The second-order valence-electron chi connectivity index (χ2n) is 11.2. The van der Waals surface area contributed by atoms with Crippen LogP contribution >= 0.6 is 11.3 Å². The van der Waals surface area contributed by atoms with Gasteiger partial charge in [-0.15, -0.1) is 11.3 Å². The van der Waals surface area contributed by atoms with E-state index in [4.69, 9.17) is 4.98 Å². The summed E-state index contributed by atoms with van der Waals surface area (Å²) in [4.78, 5) is 5.20. The van der Waals surface area contributed by atoms with E-state index in [1.165, 1.54) is 69.9 Å². The Balaban J connectivity index is 1.51. The molecule has 0 saturated carbocycles. The summed E-state index contributed by atoms with van der Waals surface area (Å²) < 4.78 is 5.03. The minimum absolute atomic E-state index is 0.0609. The Morgan fingerprint density at radius 3 is 2.23 bits per heavy atom. The molecule has 0 spiro atoms. The molecule has 0 radical (unpaired) electrons. The van der Waals surface area contributed by atoms with Gasteiger partial charge in [0.2, 0.25) is 0 Å². The van der Waals surface area contributed by atoms with Gasteiger partial charge in [-0.2, -0.15) is 0 Å². The van der Waals surface area contributed by atoms with Gasteiger partial charge in [0.15, 0.2) is 0 Å². The topological polar surface area (TPSA) is 17.8 Å². The van der Waals surface area contributed by atoms with Gasteiger partial charge in [-0.25, -0.2) is 4.98 Å². The molecule has 3 aromatic heterocycles. The third-order valence-electron chi connectivity index (χ3n) is 8.78. The van der Waals surface area contributed by atoms with Crippen LogP contribution in [0, 0.1) is 0 Å². The number of benzene rings is 5. The van der Waals surface area contributed by atoms with Gasteiger partial charge in [-0.1, -0.05) is 92.7 Å². The maximum atomic E-state index is 5.20. The normalized spacial score (nSPS) is 14.1. The molecule has 0 N–H and O–H groups in total. The zero-order valence-electron chi connectivity index (χ0n) is 21.7. The summed E-state index contributed by atoms with van der Waals surface area (Å²) in [5.74, 6) is 0. The van der Waals surface area contributed by atoms with E-state index in [1.54, 1.807) is 0 Å². The number of aromatic nitrogens is 2. The summed E-state index contributed by atoms with van der Waals surface area (Å²) in [6, 6.07) is 40.0. The lowest BCUT2D eigenvalue weighted by molar-refractivity contribution is 0.661. The van der Waals surface area contributed by atoms with Crippen LogP contribution in [-0.2, 0) is 5.41 Å². The average Bonchev–Trinajstić information content (AvgIpc) is 3.57. The second-order valence-corrected chi connectivity index (χ2v) is 12.2. The van der Waals surface area contributed by atoms with Crippen LogP contribution in [0.15, 0.2) is 109 Å². The highest BCUT2D eigenvalue weighted by atomic mass is 32.1. The molecule has 5 aromatic carbocycles. The van der Waals surface area contributed by atoms with Crippen molar-refractivity contribution in [2.45, 2.75) is 19.3 Å². The van der Waals surface area contributed by atoms with E-state index in [1.807, 2.05) is 11.3 Å². The van der Waals surface area contributed by atoms with Crippen molar-refractivity contribution in [2.75, 3.05) is 0 Å². The highest BCUT2D eigenvalue weighted by Crippen LogP contribution is 2.51. The molecule has 0 atom stereocenters. The van der Waals surface area contributed by atoms with Crippen molar-refractivity contribution in [3.05, 3.63) is 120 Å². The van der Waals surface area contributed by atoms with Crippen LogP contribution in [-0.4, -0.2) is 9.55 Å². The van der Waals surface area contributed by atoms with Crippen LogP contribution in [0.3, 0.4) is 0 Å². The van der Waals surface area contributed by atoms with Crippen molar-refractivity contribution in [1.29, 1.82) is 0 Å². The predicted octanol–water partition coefficient (Wildman–Crippen LogP) is 10.0. The first-order valence-electron chi connectivity index (χ1n) is 13.5. The molecule has 39 heavy (non-hydrogen) atoms. The first kappa shape index (κ1) is 21.5. The number of hydrogen-bond donors (Lipinski definition) is 0. The molecule has 0 unspecified atom stereocenters.